The first-order chi connectivity index (χ1) is 17.4. The van der Waals surface area contributed by atoms with Gasteiger partial charge in [-0.1, -0.05) is 45.2 Å². The number of rotatable bonds is 11. The van der Waals surface area contributed by atoms with Crippen LogP contribution < -0.4 is 4.74 Å². The number of hydrogen-bond donors (Lipinski definition) is 0. The third kappa shape index (κ3) is 7.94. The van der Waals surface area contributed by atoms with Gasteiger partial charge in [0.2, 0.25) is 0 Å². The van der Waals surface area contributed by atoms with E-state index in [1.165, 1.54) is 75.3 Å². The Kier molecular flexibility index (Phi) is 10.5. The van der Waals surface area contributed by atoms with Crippen molar-refractivity contribution < 1.29 is 28.6 Å². The average molecular weight is 495 g/mol. The van der Waals surface area contributed by atoms with Gasteiger partial charge in [-0.25, -0.2) is 14.4 Å². The Morgan fingerprint density at radius 1 is 0.833 bits per heavy atom. The fraction of sp³-hybridized carbons (Fsp3) is 0.500. The molecule has 194 valence electrons. The Hall–Kier alpha value is -3.15. The van der Waals surface area contributed by atoms with Crippen LogP contribution in [0.25, 0.3) is 0 Å². The predicted octanol–water partition coefficient (Wildman–Crippen LogP) is 6.87. The molecule has 0 heterocycles. The monoisotopic (exact) mass is 494 g/mol. The van der Waals surface area contributed by atoms with Crippen LogP contribution in [0.15, 0.2) is 48.5 Å². The maximum absolute atomic E-state index is 12.6. The highest BCUT2D eigenvalue weighted by atomic mass is 16.6. The lowest BCUT2D eigenvalue weighted by atomic mass is 9.77. The van der Waals surface area contributed by atoms with Crippen molar-refractivity contribution in [2.75, 3.05) is 6.61 Å². The van der Waals surface area contributed by atoms with E-state index in [9.17, 15) is 14.4 Å². The van der Waals surface area contributed by atoms with Gasteiger partial charge in [-0.15, -0.1) is 0 Å². The van der Waals surface area contributed by atoms with Gasteiger partial charge in [0.05, 0.1) is 17.7 Å². The lowest BCUT2D eigenvalue weighted by Crippen LogP contribution is -2.26. The highest BCUT2D eigenvalue weighted by Crippen LogP contribution is 2.37. The summed E-state index contributed by atoms with van der Waals surface area (Å²) in [6, 6.07) is 13.8. The molecule has 2 aromatic carbocycles. The number of hydrogen-bond acceptors (Lipinski definition) is 6. The van der Waals surface area contributed by atoms with Crippen LogP contribution in [0.2, 0.25) is 0 Å². The number of ether oxygens (including phenoxy) is 3. The van der Waals surface area contributed by atoms with Crippen LogP contribution >= 0.6 is 0 Å². The molecular weight excluding hydrogens is 456 g/mol. The van der Waals surface area contributed by atoms with Gasteiger partial charge in [0.1, 0.15) is 5.75 Å². The molecule has 1 fully saturated rings. The molecule has 0 aromatic heterocycles. The minimum absolute atomic E-state index is 0.234. The molecule has 0 radical (unpaired) electrons. The van der Waals surface area contributed by atoms with Crippen LogP contribution in [0.3, 0.4) is 0 Å². The maximum atomic E-state index is 12.6. The fourth-order valence-electron chi connectivity index (χ4n) is 4.62. The topological polar surface area (TPSA) is 78.9 Å². The molecule has 0 unspecified atom stereocenters. The molecule has 6 nitrogen and oxygen atoms in total. The largest absolute Gasteiger partial charge is 0.463 e. The van der Waals surface area contributed by atoms with Crippen molar-refractivity contribution in [1.29, 1.82) is 0 Å². The van der Waals surface area contributed by atoms with E-state index in [4.69, 9.17) is 14.2 Å². The zero-order chi connectivity index (χ0) is 25.9. The molecule has 0 aliphatic heterocycles. The predicted molar refractivity (Wildman–Crippen MR) is 138 cm³/mol. The van der Waals surface area contributed by atoms with Crippen LogP contribution in [-0.2, 0) is 14.3 Å². The highest BCUT2D eigenvalue weighted by Gasteiger charge is 2.22. The molecule has 0 N–H and O–H groups in total. The van der Waals surface area contributed by atoms with E-state index >= 15 is 0 Å². The maximum Gasteiger partial charge on any atom is 0.347 e. The van der Waals surface area contributed by atoms with Gasteiger partial charge in [-0.2, -0.15) is 0 Å². The number of unbranched alkanes of at least 4 members (excludes halogenated alkanes) is 1. The summed E-state index contributed by atoms with van der Waals surface area (Å²) < 4.78 is 15.8. The molecule has 3 rings (SSSR count). The van der Waals surface area contributed by atoms with Crippen molar-refractivity contribution in [1.82, 2.24) is 0 Å². The Balaban J connectivity index is 1.49. The zero-order valence-electron chi connectivity index (χ0n) is 21.7. The molecule has 6 heteroatoms. The average Bonchev–Trinajstić information content (AvgIpc) is 2.90. The molecule has 0 bridgehead atoms. The number of carbonyl (C=O) groups is 3. The summed E-state index contributed by atoms with van der Waals surface area (Å²) in [7, 11) is 0. The standard InChI is InChI=1S/C30H38O6/c1-4-6-20-34-28(31)21(3)35-29(32)25-12-14-26(15-13-25)30(33)36-27-18-16-24(17-19-27)23-10-8-22(7-5-2)9-11-23/h12-19,21-23H,4-11,20H2,1-3H3/t21-,22?,23?/m1/s1. The molecule has 0 spiro atoms. The molecule has 1 atom stereocenters. The summed E-state index contributed by atoms with van der Waals surface area (Å²) in [6.07, 6.45) is 8.27. The zero-order valence-corrected chi connectivity index (χ0v) is 21.7. The van der Waals surface area contributed by atoms with Crippen LogP contribution in [0, 0.1) is 5.92 Å². The van der Waals surface area contributed by atoms with Gasteiger partial charge in [-0.3, -0.25) is 0 Å². The summed E-state index contributed by atoms with van der Waals surface area (Å²) in [6.45, 7) is 6.02. The second-order valence-corrected chi connectivity index (χ2v) is 9.61. The van der Waals surface area contributed by atoms with E-state index in [0.29, 0.717) is 23.8 Å². The first kappa shape index (κ1) is 27.4. The summed E-state index contributed by atoms with van der Waals surface area (Å²) in [5.41, 5.74) is 1.85. The van der Waals surface area contributed by atoms with E-state index in [1.54, 1.807) is 0 Å². The van der Waals surface area contributed by atoms with Crippen molar-refractivity contribution in [2.45, 2.75) is 84.2 Å². The minimum Gasteiger partial charge on any atom is -0.463 e. The van der Waals surface area contributed by atoms with Crippen LogP contribution in [0.5, 0.6) is 5.75 Å². The SMILES string of the molecule is CCCCOC(=O)[C@@H](C)OC(=O)c1ccc(C(=O)Oc2ccc(C3CCC(CCC)CC3)cc2)cc1. The Labute approximate surface area is 214 Å². The van der Waals surface area contributed by atoms with Gasteiger partial charge in [0.25, 0.3) is 0 Å². The molecule has 0 saturated heterocycles. The third-order valence-electron chi connectivity index (χ3n) is 6.82. The van der Waals surface area contributed by atoms with E-state index in [2.05, 4.69) is 19.1 Å². The van der Waals surface area contributed by atoms with E-state index in [1.807, 2.05) is 19.1 Å². The Bertz CT molecular complexity index is 987. The first-order valence-electron chi connectivity index (χ1n) is 13.2. The minimum atomic E-state index is -1.01. The lowest BCUT2D eigenvalue weighted by molar-refractivity contribution is -0.153. The highest BCUT2D eigenvalue weighted by molar-refractivity contribution is 5.95. The van der Waals surface area contributed by atoms with Gasteiger partial charge >= 0.3 is 17.9 Å². The smallest absolute Gasteiger partial charge is 0.347 e. The first-order valence-corrected chi connectivity index (χ1v) is 13.2. The summed E-state index contributed by atoms with van der Waals surface area (Å²) in [5, 5.41) is 0. The number of benzene rings is 2. The quantitative estimate of drug-likeness (QED) is 0.193. The Morgan fingerprint density at radius 2 is 1.44 bits per heavy atom. The summed E-state index contributed by atoms with van der Waals surface area (Å²) >= 11 is 0. The number of esters is 3. The van der Waals surface area contributed by atoms with Crippen molar-refractivity contribution in [3.63, 3.8) is 0 Å². The van der Waals surface area contributed by atoms with Crippen LogP contribution in [0.4, 0.5) is 0 Å². The van der Waals surface area contributed by atoms with Gasteiger partial charge in [0, 0.05) is 0 Å². The molecule has 1 aliphatic carbocycles. The second kappa shape index (κ2) is 13.8. The fourth-order valence-corrected chi connectivity index (χ4v) is 4.62. The third-order valence-corrected chi connectivity index (χ3v) is 6.82. The van der Waals surface area contributed by atoms with Gasteiger partial charge in [0.15, 0.2) is 6.10 Å². The molecule has 1 aliphatic rings. The van der Waals surface area contributed by atoms with Crippen molar-refractivity contribution in [2.24, 2.45) is 5.92 Å². The van der Waals surface area contributed by atoms with Crippen LogP contribution in [0.1, 0.15) is 104 Å². The van der Waals surface area contributed by atoms with Gasteiger partial charge < -0.3 is 14.2 Å². The summed E-state index contributed by atoms with van der Waals surface area (Å²) in [5.74, 6) is 0.200. The van der Waals surface area contributed by atoms with E-state index < -0.39 is 24.0 Å². The molecular formula is C30H38O6. The second-order valence-electron chi connectivity index (χ2n) is 9.61. The molecule has 0 amide bonds. The molecule has 36 heavy (non-hydrogen) atoms. The molecule has 1 saturated carbocycles. The van der Waals surface area contributed by atoms with Crippen molar-refractivity contribution in [3.8, 4) is 5.75 Å². The van der Waals surface area contributed by atoms with E-state index in [0.717, 1.165) is 18.8 Å². The van der Waals surface area contributed by atoms with Crippen LogP contribution in [-0.4, -0.2) is 30.6 Å². The van der Waals surface area contributed by atoms with E-state index in [-0.39, 0.29) is 5.56 Å². The lowest BCUT2D eigenvalue weighted by Gasteiger charge is -2.28. The normalized spacial score (nSPS) is 18.2. The molecule has 2 aromatic rings. The number of carbonyl (C=O) groups excluding carboxylic acids is 3. The van der Waals surface area contributed by atoms with Gasteiger partial charge in [-0.05, 0) is 92.8 Å². The van der Waals surface area contributed by atoms with Crippen molar-refractivity contribution >= 4 is 17.9 Å². The van der Waals surface area contributed by atoms with Crippen molar-refractivity contribution in [3.05, 3.63) is 65.2 Å². The Morgan fingerprint density at radius 3 is 2.03 bits per heavy atom. The summed E-state index contributed by atoms with van der Waals surface area (Å²) in [4.78, 5) is 36.8.